The van der Waals surface area contributed by atoms with Gasteiger partial charge in [-0.1, -0.05) is 0 Å². The molecule has 0 spiro atoms. The van der Waals surface area contributed by atoms with Crippen molar-refractivity contribution >= 4 is 21.6 Å². The Kier molecular flexibility index (Phi) is 6.64. The van der Waals surface area contributed by atoms with Gasteiger partial charge in [-0.2, -0.15) is 0 Å². The fourth-order valence-electron chi connectivity index (χ4n) is 1.55. The number of anilines is 1. The lowest BCUT2D eigenvalue weighted by atomic mass is 10.3. The third-order valence-corrected chi connectivity index (χ3v) is 3.73. The van der Waals surface area contributed by atoms with E-state index < -0.39 is 9.84 Å². The molecule has 21 heavy (non-hydrogen) atoms. The number of nitrogens with one attached hydrogen (secondary N) is 2. The molecule has 6 nitrogen and oxygen atoms in total. The summed E-state index contributed by atoms with van der Waals surface area (Å²) in [5.74, 6) is 0. The van der Waals surface area contributed by atoms with Crippen LogP contribution in [0.1, 0.15) is 20.3 Å². The molecular formula is C14H22N2O4S. The van der Waals surface area contributed by atoms with Gasteiger partial charge in [0.15, 0.2) is 9.84 Å². The molecule has 1 rings (SSSR count). The van der Waals surface area contributed by atoms with Crippen molar-refractivity contribution in [1.29, 1.82) is 0 Å². The number of carbonyl (C=O) groups is 1. The Morgan fingerprint density at radius 3 is 2.38 bits per heavy atom. The highest BCUT2D eigenvalue weighted by Gasteiger charge is 2.07. The number of benzene rings is 1. The summed E-state index contributed by atoms with van der Waals surface area (Å²) in [4.78, 5) is 11.8. The molecule has 0 unspecified atom stereocenters. The summed E-state index contributed by atoms with van der Waals surface area (Å²) in [6.07, 6.45) is 2.06. The van der Waals surface area contributed by atoms with Gasteiger partial charge in [0, 0.05) is 25.1 Å². The number of urea groups is 1. The first-order chi connectivity index (χ1) is 9.79. The van der Waals surface area contributed by atoms with Gasteiger partial charge in [-0.15, -0.1) is 0 Å². The van der Waals surface area contributed by atoms with Crippen LogP contribution in [0.3, 0.4) is 0 Å². The maximum atomic E-state index is 11.6. The van der Waals surface area contributed by atoms with Gasteiger partial charge >= 0.3 is 6.03 Å². The van der Waals surface area contributed by atoms with Crippen LogP contribution in [0.25, 0.3) is 0 Å². The Labute approximate surface area is 125 Å². The Morgan fingerprint density at radius 2 is 1.86 bits per heavy atom. The fourth-order valence-corrected chi connectivity index (χ4v) is 2.18. The van der Waals surface area contributed by atoms with Gasteiger partial charge < -0.3 is 15.4 Å². The normalized spacial score (nSPS) is 11.4. The molecule has 0 aliphatic rings. The molecule has 1 aromatic carbocycles. The quantitative estimate of drug-likeness (QED) is 0.754. The first-order valence-corrected chi connectivity index (χ1v) is 8.65. The van der Waals surface area contributed by atoms with Crippen molar-refractivity contribution in [2.45, 2.75) is 31.3 Å². The molecule has 0 fully saturated rings. The third kappa shape index (κ3) is 7.10. The molecule has 0 saturated carbocycles. The number of hydrogen-bond donors (Lipinski definition) is 2. The second-order valence-corrected chi connectivity index (χ2v) is 6.97. The zero-order valence-corrected chi connectivity index (χ0v) is 13.4. The summed E-state index contributed by atoms with van der Waals surface area (Å²) in [5, 5.41) is 5.34. The predicted molar refractivity (Wildman–Crippen MR) is 82.3 cm³/mol. The van der Waals surface area contributed by atoms with E-state index in [2.05, 4.69) is 10.6 Å². The minimum Gasteiger partial charge on any atom is -0.379 e. The fraction of sp³-hybridized carbons (Fsp3) is 0.500. The van der Waals surface area contributed by atoms with Crippen LogP contribution in [0.4, 0.5) is 10.5 Å². The van der Waals surface area contributed by atoms with Crippen LogP contribution in [0, 0.1) is 0 Å². The van der Waals surface area contributed by atoms with E-state index in [0.29, 0.717) is 18.8 Å². The summed E-state index contributed by atoms with van der Waals surface area (Å²) < 4.78 is 28.0. The van der Waals surface area contributed by atoms with E-state index in [1.54, 1.807) is 12.1 Å². The Bertz CT molecular complexity index is 553. The average molecular weight is 314 g/mol. The van der Waals surface area contributed by atoms with Gasteiger partial charge in [0.2, 0.25) is 0 Å². The monoisotopic (exact) mass is 314 g/mol. The molecule has 7 heteroatoms. The molecule has 1 aromatic rings. The van der Waals surface area contributed by atoms with Crippen LogP contribution in [0.2, 0.25) is 0 Å². The lowest BCUT2D eigenvalue weighted by Gasteiger charge is -2.09. The van der Waals surface area contributed by atoms with E-state index in [1.807, 2.05) is 13.8 Å². The van der Waals surface area contributed by atoms with Gasteiger partial charge in [0.1, 0.15) is 0 Å². The zero-order valence-electron chi connectivity index (χ0n) is 12.5. The van der Waals surface area contributed by atoms with E-state index in [4.69, 9.17) is 4.74 Å². The van der Waals surface area contributed by atoms with E-state index in [-0.39, 0.29) is 17.0 Å². The molecule has 0 heterocycles. The average Bonchev–Trinajstić information content (AvgIpc) is 2.37. The minimum atomic E-state index is -3.22. The molecule has 0 aliphatic carbocycles. The third-order valence-electron chi connectivity index (χ3n) is 2.60. The van der Waals surface area contributed by atoms with Gasteiger partial charge in [-0.05, 0) is 44.5 Å². The summed E-state index contributed by atoms with van der Waals surface area (Å²) >= 11 is 0. The van der Waals surface area contributed by atoms with Crippen molar-refractivity contribution in [3.8, 4) is 0 Å². The van der Waals surface area contributed by atoms with E-state index in [1.165, 1.54) is 12.1 Å². The number of sulfone groups is 1. The van der Waals surface area contributed by atoms with E-state index in [9.17, 15) is 13.2 Å². The van der Waals surface area contributed by atoms with Gasteiger partial charge in [0.25, 0.3) is 0 Å². The smallest absolute Gasteiger partial charge is 0.319 e. The van der Waals surface area contributed by atoms with Crippen LogP contribution >= 0.6 is 0 Å². The first kappa shape index (κ1) is 17.5. The van der Waals surface area contributed by atoms with Crippen LogP contribution < -0.4 is 10.6 Å². The second-order valence-electron chi connectivity index (χ2n) is 4.95. The SMILES string of the molecule is CC(C)OCCCNC(=O)Nc1ccc(S(C)(=O)=O)cc1. The molecule has 118 valence electrons. The van der Waals surface area contributed by atoms with Crippen molar-refractivity contribution in [2.75, 3.05) is 24.7 Å². The summed E-state index contributed by atoms with van der Waals surface area (Å²) in [5.41, 5.74) is 0.540. The predicted octanol–water partition coefficient (Wildman–Crippen LogP) is 2.03. The summed E-state index contributed by atoms with van der Waals surface area (Å²) in [7, 11) is -3.22. The highest BCUT2D eigenvalue weighted by molar-refractivity contribution is 7.90. The lowest BCUT2D eigenvalue weighted by molar-refractivity contribution is 0.0775. The summed E-state index contributed by atoms with van der Waals surface area (Å²) in [6, 6.07) is 5.70. The number of rotatable bonds is 7. The molecule has 0 bridgehead atoms. The van der Waals surface area contributed by atoms with Crippen LogP contribution in [0.5, 0.6) is 0 Å². The second kappa shape index (κ2) is 7.99. The topological polar surface area (TPSA) is 84.5 Å². The largest absolute Gasteiger partial charge is 0.379 e. The molecule has 0 atom stereocenters. The molecule has 0 aliphatic heterocycles. The standard InChI is InChI=1S/C14H22N2O4S/c1-11(2)20-10-4-9-15-14(17)16-12-5-7-13(8-6-12)21(3,18)19/h5-8,11H,4,9-10H2,1-3H3,(H2,15,16,17). The van der Waals surface area contributed by atoms with Gasteiger partial charge in [-0.25, -0.2) is 13.2 Å². The molecule has 0 saturated heterocycles. The van der Waals surface area contributed by atoms with Gasteiger partial charge in [0.05, 0.1) is 11.0 Å². The number of carbonyl (C=O) groups excluding carboxylic acids is 1. The Morgan fingerprint density at radius 1 is 1.24 bits per heavy atom. The Balaban J connectivity index is 2.35. The highest BCUT2D eigenvalue weighted by atomic mass is 32.2. The van der Waals surface area contributed by atoms with Gasteiger partial charge in [-0.3, -0.25) is 0 Å². The Hall–Kier alpha value is -1.60. The summed E-state index contributed by atoms with van der Waals surface area (Å²) in [6.45, 7) is 5.03. The van der Waals surface area contributed by atoms with Crippen molar-refractivity contribution < 1.29 is 17.9 Å². The number of ether oxygens (including phenoxy) is 1. The molecular weight excluding hydrogens is 292 g/mol. The van der Waals surface area contributed by atoms with Crippen LogP contribution in [-0.4, -0.2) is 40.0 Å². The molecule has 0 radical (unpaired) electrons. The number of amides is 2. The zero-order chi connectivity index (χ0) is 15.9. The minimum absolute atomic E-state index is 0.187. The van der Waals surface area contributed by atoms with Crippen molar-refractivity contribution in [2.24, 2.45) is 0 Å². The van der Waals surface area contributed by atoms with Crippen LogP contribution in [-0.2, 0) is 14.6 Å². The van der Waals surface area contributed by atoms with Crippen molar-refractivity contribution in [3.05, 3.63) is 24.3 Å². The van der Waals surface area contributed by atoms with Crippen molar-refractivity contribution in [3.63, 3.8) is 0 Å². The van der Waals surface area contributed by atoms with Crippen molar-refractivity contribution in [1.82, 2.24) is 5.32 Å². The molecule has 2 amide bonds. The van der Waals surface area contributed by atoms with Crippen LogP contribution in [0.15, 0.2) is 29.2 Å². The highest BCUT2D eigenvalue weighted by Crippen LogP contribution is 2.13. The first-order valence-electron chi connectivity index (χ1n) is 6.75. The molecule has 2 N–H and O–H groups in total. The number of hydrogen-bond acceptors (Lipinski definition) is 4. The lowest BCUT2D eigenvalue weighted by Crippen LogP contribution is -2.30. The van der Waals surface area contributed by atoms with E-state index in [0.717, 1.165) is 12.7 Å². The maximum Gasteiger partial charge on any atom is 0.319 e. The maximum absolute atomic E-state index is 11.6. The van der Waals surface area contributed by atoms with E-state index >= 15 is 0 Å². The molecule has 0 aromatic heterocycles.